The zero-order chi connectivity index (χ0) is 14.3. The van der Waals surface area contributed by atoms with Crippen LogP contribution in [0.25, 0.3) is 0 Å². The molecule has 0 saturated carbocycles. The van der Waals surface area contributed by atoms with Gasteiger partial charge in [0, 0.05) is 27.7 Å². The minimum Gasteiger partial charge on any atom is -0.308 e. The summed E-state index contributed by atoms with van der Waals surface area (Å²) in [5.74, 6) is -2.81. The summed E-state index contributed by atoms with van der Waals surface area (Å²) in [7, 11) is 0. The molecule has 0 heterocycles. The van der Waals surface area contributed by atoms with Crippen molar-refractivity contribution in [2.24, 2.45) is 9.98 Å². The van der Waals surface area contributed by atoms with Gasteiger partial charge in [-0.15, -0.1) is 0 Å². The number of rotatable bonds is 0. The molecule has 0 spiro atoms. The Balaban J connectivity index is 5.46. The van der Waals surface area contributed by atoms with E-state index in [4.69, 9.17) is 0 Å². The fourth-order valence-corrected chi connectivity index (χ4v) is 0.929. The van der Waals surface area contributed by atoms with Gasteiger partial charge in [0.2, 0.25) is 23.6 Å². The van der Waals surface area contributed by atoms with Gasteiger partial charge in [0.1, 0.15) is 0 Å². The number of nitrogens with zero attached hydrogens (tertiary/aromatic N) is 2. The Morgan fingerprint density at radius 2 is 0.944 bits per heavy atom. The summed E-state index contributed by atoms with van der Waals surface area (Å²) in [5, 5.41) is 4.43. The van der Waals surface area contributed by atoms with Gasteiger partial charge in [0.15, 0.2) is 11.7 Å². The number of hydrogen-bond donors (Lipinski definition) is 2. The number of amides is 4. The van der Waals surface area contributed by atoms with Crippen LogP contribution in [0.3, 0.4) is 0 Å². The first kappa shape index (κ1) is 15.6. The van der Waals surface area contributed by atoms with E-state index in [1.54, 1.807) is 0 Å². The molecule has 8 heteroatoms. The second kappa shape index (κ2) is 7.05. The van der Waals surface area contributed by atoms with E-state index in [2.05, 4.69) is 20.6 Å². The summed E-state index contributed by atoms with van der Waals surface area (Å²) in [6.45, 7) is 4.69. The quantitative estimate of drug-likeness (QED) is 0.432. The smallest absolute Gasteiger partial charge is 0.244 e. The first-order chi connectivity index (χ1) is 8.22. The highest BCUT2D eigenvalue weighted by molar-refractivity contribution is 6.46. The van der Waals surface area contributed by atoms with E-state index < -0.39 is 23.6 Å². The van der Waals surface area contributed by atoms with E-state index in [0.717, 1.165) is 13.8 Å². The topological polar surface area (TPSA) is 117 Å². The molecule has 0 unspecified atom stereocenters. The fourth-order valence-electron chi connectivity index (χ4n) is 0.929. The number of hydrogen-bond acceptors (Lipinski definition) is 4. The lowest BCUT2D eigenvalue weighted by atomic mass is 10.4. The van der Waals surface area contributed by atoms with E-state index >= 15 is 0 Å². The van der Waals surface area contributed by atoms with Gasteiger partial charge in [-0.3, -0.25) is 19.2 Å². The van der Waals surface area contributed by atoms with E-state index in [9.17, 15) is 19.2 Å². The molecule has 0 saturated heterocycles. The molecule has 0 aliphatic heterocycles. The molecule has 0 rings (SSSR count). The molecule has 98 valence electrons. The third-order valence-electron chi connectivity index (χ3n) is 1.35. The van der Waals surface area contributed by atoms with E-state index in [1.807, 2.05) is 0 Å². The van der Waals surface area contributed by atoms with Gasteiger partial charge in [0.25, 0.3) is 0 Å². The molecule has 0 bridgehead atoms. The van der Waals surface area contributed by atoms with Crippen molar-refractivity contribution >= 4 is 35.3 Å². The molecule has 0 aromatic rings. The van der Waals surface area contributed by atoms with Crippen LogP contribution in [0.2, 0.25) is 0 Å². The predicted octanol–water partition coefficient (Wildman–Crippen LogP) is -0.851. The molecule has 18 heavy (non-hydrogen) atoms. The van der Waals surface area contributed by atoms with Gasteiger partial charge in [0.05, 0.1) is 0 Å². The van der Waals surface area contributed by atoms with Gasteiger partial charge >= 0.3 is 0 Å². The normalized spacial score (nSPS) is 11.8. The van der Waals surface area contributed by atoms with Crippen molar-refractivity contribution in [3.8, 4) is 0 Å². The summed E-state index contributed by atoms with van der Waals surface area (Å²) in [5.41, 5.74) is 0. The summed E-state index contributed by atoms with van der Waals surface area (Å²) >= 11 is 0. The molecule has 0 aromatic carbocycles. The van der Waals surface area contributed by atoms with Crippen molar-refractivity contribution in [1.29, 1.82) is 0 Å². The molecular weight excluding hydrogens is 240 g/mol. The van der Waals surface area contributed by atoms with Gasteiger partial charge in [-0.05, 0) is 0 Å². The van der Waals surface area contributed by atoms with Crippen LogP contribution in [0.1, 0.15) is 27.7 Å². The van der Waals surface area contributed by atoms with Gasteiger partial charge in [-0.2, -0.15) is 9.98 Å². The molecule has 2 N–H and O–H groups in total. The Bertz CT molecular complexity index is 409. The fraction of sp³-hybridized carbons (Fsp3) is 0.400. The highest BCUT2D eigenvalue weighted by Gasteiger charge is 2.14. The molecule has 0 fully saturated rings. The average molecular weight is 254 g/mol. The summed E-state index contributed by atoms with van der Waals surface area (Å²) < 4.78 is 0. The molecule has 4 amide bonds. The van der Waals surface area contributed by atoms with Crippen molar-refractivity contribution < 1.29 is 19.2 Å². The second-order valence-electron chi connectivity index (χ2n) is 3.32. The Kier molecular flexibility index (Phi) is 6.11. The van der Waals surface area contributed by atoms with Gasteiger partial charge in [-0.25, -0.2) is 0 Å². The highest BCUT2D eigenvalue weighted by atomic mass is 16.2. The third-order valence-corrected chi connectivity index (χ3v) is 1.35. The van der Waals surface area contributed by atoms with E-state index in [0.29, 0.717) is 0 Å². The Labute approximate surface area is 104 Å². The van der Waals surface area contributed by atoms with Gasteiger partial charge in [-0.1, -0.05) is 0 Å². The molecule has 0 atom stereocenters. The number of nitrogens with one attached hydrogen (secondary N) is 2. The van der Waals surface area contributed by atoms with Crippen LogP contribution in [0.4, 0.5) is 0 Å². The number of carbonyl (C=O) groups is 4. The molecule has 0 aliphatic carbocycles. The van der Waals surface area contributed by atoms with Crippen LogP contribution in [0, 0.1) is 0 Å². The second-order valence-corrected chi connectivity index (χ2v) is 3.32. The maximum Gasteiger partial charge on any atom is 0.244 e. The molecule has 8 nitrogen and oxygen atoms in total. The lowest BCUT2D eigenvalue weighted by molar-refractivity contribution is -0.119. The lowest BCUT2D eigenvalue weighted by Gasteiger charge is -2.09. The first-order valence-electron chi connectivity index (χ1n) is 4.96. The average Bonchev–Trinajstić information content (AvgIpc) is 2.12. The van der Waals surface area contributed by atoms with Crippen molar-refractivity contribution in [3.05, 3.63) is 0 Å². The standard InChI is InChI=1S/C10H14N4O4/c1-5(15)11-9(12-6(2)16)10(13-7(3)17)14-8(4)18/h1-4H3,(H,11,12,15,16)(H,13,14,17,18). The zero-order valence-corrected chi connectivity index (χ0v) is 10.5. The molecular formula is C10H14N4O4. The van der Waals surface area contributed by atoms with Crippen LogP contribution >= 0.6 is 0 Å². The minimum atomic E-state index is -0.611. The third kappa shape index (κ3) is 6.99. The van der Waals surface area contributed by atoms with Crippen molar-refractivity contribution in [2.75, 3.05) is 0 Å². The van der Waals surface area contributed by atoms with Crippen LogP contribution in [-0.2, 0) is 19.2 Å². The van der Waals surface area contributed by atoms with Crippen molar-refractivity contribution in [3.63, 3.8) is 0 Å². The molecule has 0 radical (unpaired) electrons. The van der Waals surface area contributed by atoms with Crippen LogP contribution in [-0.4, -0.2) is 35.3 Å². The van der Waals surface area contributed by atoms with Crippen LogP contribution in [0.15, 0.2) is 9.98 Å². The summed E-state index contributed by atoms with van der Waals surface area (Å²) in [6, 6.07) is 0. The molecule has 0 aliphatic rings. The summed E-state index contributed by atoms with van der Waals surface area (Å²) in [4.78, 5) is 50.7. The summed E-state index contributed by atoms with van der Waals surface area (Å²) in [6.07, 6.45) is 0. The van der Waals surface area contributed by atoms with Crippen molar-refractivity contribution in [2.45, 2.75) is 27.7 Å². The number of amidine groups is 2. The number of carbonyl (C=O) groups excluding carboxylic acids is 4. The van der Waals surface area contributed by atoms with Crippen molar-refractivity contribution in [1.82, 2.24) is 10.6 Å². The lowest BCUT2D eigenvalue weighted by Crippen LogP contribution is -2.44. The highest BCUT2D eigenvalue weighted by Crippen LogP contribution is 1.86. The van der Waals surface area contributed by atoms with Gasteiger partial charge < -0.3 is 10.6 Å². The Morgan fingerprint density at radius 3 is 1.11 bits per heavy atom. The minimum absolute atomic E-state index is 0.277. The van der Waals surface area contributed by atoms with Crippen LogP contribution in [0.5, 0.6) is 0 Å². The van der Waals surface area contributed by atoms with E-state index in [1.165, 1.54) is 13.8 Å². The van der Waals surface area contributed by atoms with Crippen LogP contribution < -0.4 is 10.6 Å². The number of aliphatic imine (C=N–C) groups is 2. The Morgan fingerprint density at radius 1 is 0.667 bits per heavy atom. The SMILES string of the molecule is CC(=O)N=C(NC(C)=O)C(=NC(C)=O)NC(C)=O. The monoisotopic (exact) mass is 254 g/mol. The largest absolute Gasteiger partial charge is 0.308 e. The zero-order valence-electron chi connectivity index (χ0n) is 10.5. The first-order valence-corrected chi connectivity index (χ1v) is 4.96. The molecule has 0 aromatic heterocycles. The maximum atomic E-state index is 11.0. The maximum absolute atomic E-state index is 11.0. The predicted molar refractivity (Wildman–Crippen MR) is 63.9 cm³/mol. The van der Waals surface area contributed by atoms with E-state index in [-0.39, 0.29) is 11.7 Å². The Hall–Kier alpha value is -2.38.